The standard InChI is InChI=1S/C15H9ClN2O/c16-10-5-6-13-11(7-10)14(19)15-17-12-4-2-1-3-9(12)8-18(13)15/h1-7H,8H2. The fourth-order valence-electron chi connectivity index (χ4n) is 2.59. The number of aliphatic imine (C=N–C) groups is 1. The Kier molecular flexibility index (Phi) is 2.09. The van der Waals surface area contributed by atoms with Gasteiger partial charge in [-0.3, -0.25) is 4.79 Å². The van der Waals surface area contributed by atoms with Crippen molar-refractivity contribution in [1.29, 1.82) is 0 Å². The molecular formula is C15H9ClN2O. The number of rotatable bonds is 0. The van der Waals surface area contributed by atoms with Gasteiger partial charge >= 0.3 is 0 Å². The van der Waals surface area contributed by atoms with Gasteiger partial charge in [-0.1, -0.05) is 29.8 Å². The summed E-state index contributed by atoms with van der Waals surface area (Å²) in [4.78, 5) is 18.8. The zero-order valence-electron chi connectivity index (χ0n) is 9.93. The van der Waals surface area contributed by atoms with E-state index in [0.29, 0.717) is 23.0 Å². The van der Waals surface area contributed by atoms with E-state index >= 15 is 0 Å². The number of carbonyl (C=O) groups excluding carboxylic acids is 1. The Morgan fingerprint density at radius 3 is 2.89 bits per heavy atom. The van der Waals surface area contributed by atoms with Crippen molar-refractivity contribution in [2.75, 3.05) is 4.90 Å². The summed E-state index contributed by atoms with van der Waals surface area (Å²) < 4.78 is 0. The van der Waals surface area contributed by atoms with E-state index in [4.69, 9.17) is 11.6 Å². The molecule has 0 atom stereocenters. The number of halogens is 1. The average Bonchev–Trinajstić information content (AvgIpc) is 2.69. The van der Waals surface area contributed by atoms with Crippen molar-refractivity contribution in [3.05, 3.63) is 58.6 Å². The second-order valence-electron chi connectivity index (χ2n) is 4.64. The molecule has 0 aliphatic carbocycles. The molecule has 2 aromatic rings. The molecule has 0 fully saturated rings. The van der Waals surface area contributed by atoms with Crippen molar-refractivity contribution in [2.24, 2.45) is 4.99 Å². The van der Waals surface area contributed by atoms with E-state index in [1.807, 2.05) is 35.2 Å². The van der Waals surface area contributed by atoms with Crippen LogP contribution in [0, 0.1) is 0 Å². The Morgan fingerprint density at radius 2 is 2.00 bits per heavy atom. The molecule has 0 saturated carbocycles. The third-order valence-electron chi connectivity index (χ3n) is 3.50. The van der Waals surface area contributed by atoms with Crippen LogP contribution in [-0.4, -0.2) is 11.6 Å². The van der Waals surface area contributed by atoms with Gasteiger partial charge < -0.3 is 4.90 Å². The van der Waals surface area contributed by atoms with E-state index in [1.54, 1.807) is 12.1 Å². The van der Waals surface area contributed by atoms with E-state index in [9.17, 15) is 4.79 Å². The zero-order chi connectivity index (χ0) is 13.0. The Balaban J connectivity index is 1.93. The fourth-order valence-corrected chi connectivity index (χ4v) is 2.76. The number of hydrogen-bond acceptors (Lipinski definition) is 3. The molecule has 4 heteroatoms. The summed E-state index contributed by atoms with van der Waals surface area (Å²) in [5, 5.41) is 0.574. The highest BCUT2D eigenvalue weighted by Gasteiger charge is 2.36. The van der Waals surface area contributed by atoms with Gasteiger partial charge in [-0.05, 0) is 29.8 Å². The molecule has 0 bridgehead atoms. The van der Waals surface area contributed by atoms with E-state index in [1.165, 1.54) is 0 Å². The van der Waals surface area contributed by atoms with Crippen molar-refractivity contribution in [3.8, 4) is 0 Å². The van der Waals surface area contributed by atoms with Crippen LogP contribution in [0.5, 0.6) is 0 Å². The van der Waals surface area contributed by atoms with Crippen molar-refractivity contribution in [1.82, 2.24) is 0 Å². The number of para-hydroxylation sites is 1. The SMILES string of the molecule is O=C1C2=Nc3ccccc3CN2c2ccc(Cl)cc21. The summed E-state index contributed by atoms with van der Waals surface area (Å²) >= 11 is 5.96. The molecule has 2 aromatic carbocycles. The molecule has 4 rings (SSSR count). The Bertz CT molecular complexity index is 752. The number of nitrogens with zero attached hydrogens (tertiary/aromatic N) is 2. The highest BCUT2D eigenvalue weighted by atomic mass is 35.5. The monoisotopic (exact) mass is 268 g/mol. The van der Waals surface area contributed by atoms with Gasteiger partial charge in [0.2, 0.25) is 5.78 Å². The third-order valence-corrected chi connectivity index (χ3v) is 3.73. The molecule has 3 nitrogen and oxygen atoms in total. The van der Waals surface area contributed by atoms with E-state index in [2.05, 4.69) is 4.99 Å². The minimum Gasteiger partial charge on any atom is -0.318 e. The molecule has 2 aliphatic heterocycles. The first-order valence-electron chi connectivity index (χ1n) is 6.02. The maximum atomic E-state index is 12.4. The molecule has 92 valence electrons. The molecule has 0 saturated heterocycles. The normalized spacial score (nSPS) is 15.7. The van der Waals surface area contributed by atoms with Gasteiger partial charge in [0, 0.05) is 5.02 Å². The molecule has 2 aliphatic rings. The van der Waals surface area contributed by atoms with Gasteiger partial charge in [0.25, 0.3) is 0 Å². The minimum atomic E-state index is -0.0491. The van der Waals surface area contributed by atoms with Crippen LogP contribution >= 0.6 is 11.6 Å². The van der Waals surface area contributed by atoms with Gasteiger partial charge in [0.1, 0.15) is 0 Å². The first kappa shape index (κ1) is 10.8. The quantitative estimate of drug-likeness (QED) is 0.731. The van der Waals surface area contributed by atoms with E-state index in [-0.39, 0.29) is 5.78 Å². The maximum Gasteiger partial charge on any atom is 0.230 e. The van der Waals surface area contributed by atoms with Crippen LogP contribution in [0.1, 0.15) is 15.9 Å². The number of fused-ring (bicyclic) bond motifs is 4. The van der Waals surface area contributed by atoms with Crippen molar-refractivity contribution >= 4 is 34.6 Å². The van der Waals surface area contributed by atoms with Gasteiger partial charge in [0.15, 0.2) is 5.84 Å². The predicted molar refractivity (Wildman–Crippen MR) is 75.5 cm³/mol. The second kappa shape index (κ2) is 3.68. The lowest BCUT2D eigenvalue weighted by atomic mass is 10.1. The lowest BCUT2D eigenvalue weighted by Crippen LogP contribution is -2.31. The molecular weight excluding hydrogens is 260 g/mol. The summed E-state index contributed by atoms with van der Waals surface area (Å²) in [7, 11) is 0. The fraction of sp³-hybridized carbons (Fsp3) is 0.0667. The molecule has 2 heterocycles. The molecule has 0 N–H and O–H groups in total. The minimum absolute atomic E-state index is 0.0491. The number of ketones is 1. The molecule has 19 heavy (non-hydrogen) atoms. The topological polar surface area (TPSA) is 32.7 Å². The number of Topliss-reactive ketones (excluding diaryl/α,β-unsaturated/α-hetero) is 1. The van der Waals surface area contributed by atoms with Crippen LogP contribution in [0.2, 0.25) is 5.02 Å². The van der Waals surface area contributed by atoms with Gasteiger partial charge in [-0.15, -0.1) is 0 Å². The smallest absolute Gasteiger partial charge is 0.230 e. The van der Waals surface area contributed by atoms with Crippen molar-refractivity contribution < 1.29 is 4.79 Å². The highest BCUT2D eigenvalue weighted by Crippen LogP contribution is 2.37. The molecule has 0 aromatic heterocycles. The first-order valence-corrected chi connectivity index (χ1v) is 6.40. The van der Waals surface area contributed by atoms with Gasteiger partial charge in [-0.2, -0.15) is 0 Å². The summed E-state index contributed by atoms with van der Waals surface area (Å²) in [6.07, 6.45) is 0. The molecule has 0 unspecified atom stereocenters. The Hall–Kier alpha value is -2.13. The Labute approximate surface area is 115 Å². The summed E-state index contributed by atoms with van der Waals surface area (Å²) in [6.45, 7) is 0.676. The van der Waals surface area contributed by atoms with Gasteiger partial charge in [-0.25, -0.2) is 4.99 Å². The third kappa shape index (κ3) is 1.45. The molecule has 0 radical (unpaired) electrons. The maximum absolute atomic E-state index is 12.4. The summed E-state index contributed by atoms with van der Waals surface area (Å²) in [5.74, 6) is 0.447. The molecule has 0 amide bonds. The van der Waals surface area contributed by atoms with E-state index < -0.39 is 0 Å². The summed E-state index contributed by atoms with van der Waals surface area (Å²) in [5.41, 5.74) is 3.53. The van der Waals surface area contributed by atoms with Crippen LogP contribution in [0.3, 0.4) is 0 Å². The first-order chi connectivity index (χ1) is 9.24. The highest BCUT2D eigenvalue weighted by molar-refractivity contribution is 6.55. The van der Waals surface area contributed by atoms with Crippen LogP contribution in [-0.2, 0) is 6.54 Å². The van der Waals surface area contributed by atoms with Crippen molar-refractivity contribution in [2.45, 2.75) is 6.54 Å². The average molecular weight is 269 g/mol. The van der Waals surface area contributed by atoms with Gasteiger partial charge in [0.05, 0.1) is 23.5 Å². The van der Waals surface area contributed by atoms with Crippen LogP contribution < -0.4 is 4.90 Å². The van der Waals surface area contributed by atoms with Crippen LogP contribution in [0.4, 0.5) is 11.4 Å². The van der Waals surface area contributed by atoms with Crippen LogP contribution in [0.15, 0.2) is 47.5 Å². The number of amidine groups is 1. The largest absolute Gasteiger partial charge is 0.318 e. The lowest BCUT2D eigenvalue weighted by molar-refractivity contribution is 0.106. The molecule has 0 spiro atoms. The number of hydrogen-bond donors (Lipinski definition) is 0. The number of carbonyl (C=O) groups is 1. The van der Waals surface area contributed by atoms with E-state index in [0.717, 1.165) is 16.9 Å². The Morgan fingerprint density at radius 1 is 1.16 bits per heavy atom. The van der Waals surface area contributed by atoms with Crippen LogP contribution in [0.25, 0.3) is 0 Å². The predicted octanol–water partition coefficient (Wildman–Crippen LogP) is 3.59. The summed E-state index contributed by atoms with van der Waals surface area (Å²) in [6, 6.07) is 13.3. The second-order valence-corrected chi connectivity index (χ2v) is 5.08. The number of anilines is 1. The lowest BCUT2D eigenvalue weighted by Gasteiger charge is -2.24. The van der Waals surface area contributed by atoms with Crippen molar-refractivity contribution in [3.63, 3.8) is 0 Å². The number of benzene rings is 2. The zero-order valence-corrected chi connectivity index (χ0v) is 10.7.